The molecule has 1 amide bonds. The van der Waals surface area contributed by atoms with Crippen molar-refractivity contribution in [2.45, 2.75) is 25.8 Å². The van der Waals surface area contributed by atoms with E-state index in [4.69, 9.17) is 16.3 Å². The number of anilines is 3. The number of aromatic nitrogens is 1. The highest BCUT2D eigenvalue weighted by atomic mass is 35.5. The van der Waals surface area contributed by atoms with E-state index in [1.807, 2.05) is 20.0 Å². The summed E-state index contributed by atoms with van der Waals surface area (Å²) in [6.07, 6.45) is 7.02. The maximum atomic E-state index is 13.6. The van der Waals surface area contributed by atoms with Crippen LogP contribution in [-0.4, -0.2) is 42.0 Å². The van der Waals surface area contributed by atoms with Gasteiger partial charge in [-0.3, -0.25) is 14.7 Å². The van der Waals surface area contributed by atoms with Crippen molar-refractivity contribution >= 4 is 45.5 Å². The first kappa shape index (κ1) is 24.5. The minimum absolute atomic E-state index is 0.0434. The lowest BCUT2D eigenvalue weighted by Crippen LogP contribution is -2.23. The number of halogens is 2. The highest BCUT2D eigenvalue weighted by Crippen LogP contribution is 2.36. The summed E-state index contributed by atoms with van der Waals surface area (Å²) in [6, 6.07) is 10.0. The number of carbonyl (C=O) groups excluding carboxylic acids is 1. The molecule has 0 bridgehead atoms. The molecule has 1 aliphatic rings. The number of fused-ring (bicyclic) bond motifs is 1. The summed E-state index contributed by atoms with van der Waals surface area (Å²) in [5, 5.41) is 16.3. The zero-order chi connectivity index (χ0) is 24.9. The Morgan fingerprint density at radius 3 is 2.91 bits per heavy atom. The number of likely N-dealkylation sites (N-methyl/N-ethyl adjacent to an activating group) is 1. The summed E-state index contributed by atoms with van der Waals surface area (Å²) < 4.78 is 19.4. The number of rotatable bonds is 7. The molecular formula is C26H25ClFN5O2. The van der Waals surface area contributed by atoms with Crippen molar-refractivity contribution in [3.05, 3.63) is 65.1 Å². The van der Waals surface area contributed by atoms with Gasteiger partial charge in [0, 0.05) is 35.5 Å². The summed E-state index contributed by atoms with van der Waals surface area (Å²) in [5.41, 5.74) is 2.25. The average Bonchev–Trinajstić information content (AvgIpc) is 3.25. The molecule has 4 rings (SSSR count). The second-order valence-corrected chi connectivity index (χ2v) is 8.66. The average molecular weight is 494 g/mol. The third-order valence-electron chi connectivity index (χ3n) is 5.88. The quantitative estimate of drug-likeness (QED) is 0.414. The Balaban J connectivity index is 1.72. The van der Waals surface area contributed by atoms with E-state index in [9.17, 15) is 14.4 Å². The minimum atomic E-state index is -0.541. The van der Waals surface area contributed by atoms with Crippen LogP contribution in [0.2, 0.25) is 5.02 Å². The number of nitrogens with zero attached hydrogens (tertiary/aromatic N) is 3. The highest BCUT2D eigenvalue weighted by Gasteiger charge is 2.19. The Morgan fingerprint density at radius 1 is 1.40 bits per heavy atom. The molecule has 180 valence electrons. The molecule has 1 atom stereocenters. The third-order valence-corrected chi connectivity index (χ3v) is 6.17. The molecule has 2 heterocycles. The van der Waals surface area contributed by atoms with E-state index in [0.29, 0.717) is 40.3 Å². The van der Waals surface area contributed by atoms with Crippen LogP contribution in [-0.2, 0) is 4.79 Å². The molecule has 0 spiro atoms. The number of amides is 1. The number of benzene rings is 2. The van der Waals surface area contributed by atoms with Crippen LogP contribution in [0, 0.1) is 17.1 Å². The molecule has 1 fully saturated rings. The van der Waals surface area contributed by atoms with Crippen LogP contribution in [0.25, 0.3) is 10.9 Å². The van der Waals surface area contributed by atoms with Gasteiger partial charge in [0.05, 0.1) is 34.1 Å². The fraction of sp³-hybridized carbons (Fsp3) is 0.269. The number of nitriles is 1. The van der Waals surface area contributed by atoms with Gasteiger partial charge in [-0.1, -0.05) is 17.7 Å². The highest BCUT2D eigenvalue weighted by molar-refractivity contribution is 6.31. The lowest BCUT2D eigenvalue weighted by molar-refractivity contribution is -0.112. The third kappa shape index (κ3) is 5.53. The van der Waals surface area contributed by atoms with E-state index in [2.05, 4.69) is 26.6 Å². The van der Waals surface area contributed by atoms with Gasteiger partial charge in [-0.2, -0.15) is 5.26 Å². The maximum Gasteiger partial charge on any atom is 0.248 e. The van der Waals surface area contributed by atoms with Crippen molar-refractivity contribution in [1.29, 1.82) is 5.26 Å². The first-order valence-electron chi connectivity index (χ1n) is 11.3. The number of hydrogen-bond donors (Lipinski definition) is 2. The molecule has 1 aliphatic heterocycles. The Bertz CT molecular complexity index is 1340. The van der Waals surface area contributed by atoms with E-state index in [1.165, 1.54) is 30.5 Å². The molecule has 2 N–H and O–H groups in total. The van der Waals surface area contributed by atoms with Gasteiger partial charge in [0.2, 0.25) is 5.91 Å². The molecule has 2 aromatic carbocycles. The number of hydrogen-bond acceptors (Lipinski definition) is 6. The molecule has 3 aromatic rings. The minimum Gasteiger partial charge on any atom is -0.492 e. The Labute approximate surface area is 208 Å². The van der Waals surface area contributed by atoms with Crippen molar-refractivity contribution in [2.24, 2.45) is 0 Å². The van der Waals surface area contributed by atoms with Crippen LogP contribution in [0.3, 0.4) is 0 Å². The molecular weight excluding hydrogens is 469 g/mol. The Morgan fingerprint density at radius 2 is 2.23 bits per heavy atom. The first-order chi connectivity index (χ1) is 16.9. The smallest absolute Gasteiger partial charge is 0.248 e. The van der Waals surface area contributed by atoms with Gasteiger partial charge in [0.25, 0.3) is 0 Å². The summed E-state index contributed by atoms with van der Waals surface area (Å²) in [6.45, 7) is 3.26. The van der Waals surface area contributed by atoms with Crippen LogP contribution in [0.4, 0.5) is 21.5 Å². The van der Waals surface area contributed by atoms with Crippen molar-refractivity contribution in [2.75, 3.05) is 30.8 Å². The van der Waals surface area contributed by atoms with Gasteiger partial charge in [-0.05, 0) is 57.6 Å². The number of carbonyl (C=O) groups is 1. The molecule has 35 heavy (non-hydrogen) atoms. The van der Waals surface area contributed by atoms with Crippen molar-refractivity contribution in [3.8, 4) is 11.8 Å². The van der Waals surface area contributed by atoms with Crippen molar-refractivity contribution in [1.82, 2.24) is 9.88 Å². The lowest BCUT2D eigenvalue weighted by atomic mass is 10.1. The normalized spacial score (nSPS) is 15.9. The SMILES string of the molecule is CCOc1cc2ncc(C#N)c(Nc3ccc(F)c(Cl)c3)c2cc1NC(=O)/C=C/C1CCCN1C. The molecule has 0 saturated carbocycles. The topological polar surface area (TPSA) is 90.3 Å². The predicted molar refractivity (Wildman–Crippen MR) is 136 cm³/mol. The van der Waals surface area contributed by atoms with Crippen LogP contribution >= 0.6 is 11.6 Å². The molecule has 9 heteroatoms. The van der Waals surface area contributed by atoms with Gasteiger partial charge in [0.1, 0.15) is 17.6 Å². The maximum absolute atomic E-state index is 13.6. The van der Waals surface area contributed by atoms with Crippen molar-refractivity contribution in [3.63, 3.8) is 0 Å². The summed E-state index contributed by atoms with van der Waals surface area (Å²) >= 11 is 5.93. The second-order valence-electron chi connectivity index (χ2n) is 8.25. The van der Waals surface area contributed by atoms with Gasteiger partial charge in [-0.15, -0.1) is 0 Å². The van der Waals surface area contributed by atoms with Crippen LogP contribution in [0.5, 0.6) is 5.75 Å². The van der Waals surface area contributed by atoms with Crippen molar-refractivity contribution < 1.29 is 13.9 Å². The molecule has 1 unspecified atom stereocenters. The fourth-order valence-electron chi connectivity index (χ4n) is 4.08. The zero-order valence-electron chi connectivity index (χ0n) is 19.4. The molecule has 1 saturated heterocycles. The van der Waals surface area contributed by atoms with Gasteiger partial charge < -0.3 is 15.4 Å². The summed E-state index contributed by atoms with van der Waals surface area (Å²) in [5.74, 6) is -0.358. The number of pyridine rings is 1. The number of nitrogens with one attached hydrogen (secondary N) is 2. The molecule has 0 aliphatic carbocycles. The van der Waals surface area contributed by atoms with E-state index in [1.54, 1.807) is 12.1 Å². The molecule has 0 radical (unpaired) electrons. The monoisotopic (exact) mass is 493 g/mol. The zero-order valence-corrected chi connectivity index (χ0v) is 20.2. The number of ether oxygens (including phenoxy) is 1. The summed E-state index contributed by atoms with van der Waals surface area (Å²) in [4.78, 5) is 19.3. The lowest BCUT2D eigenvalue weighted by Gasteiger charge is -2.16. The standard InChI is InChI=1S/C26H25ClFN5O2/c1-3-35-24-13-22-19(12-23(24)32-25(34)9-7-18-5-4-10-33(18)2)26(16(14-29)15-30-22)31-17-6-8-21(28)20(27)11-17/h6-9,11-13,15,18H,3-5,10H2,1-2H3,(H,30,31)(H,32,34)/b9-7+. The molecule has 1 aromatic heterocycles. The largest absolute Gasteiger partial charge is 0.492 e. The van der Waals surface area contributed by atoms with E-state index >= 15 is 0 Å². The van der Waals surface area contributed by atoms with Gasteiger partial charge in [0.15, 0.2) is 0 Å². The fourth-order valence-corrected chi connectivity index (χ4v) is 4.26. The summed E-state index contributed by atoms with van der Waals surface area (Å²) in [7, 11) is 2.04. The number of likely N-dealkylation sites (tertiary alicyclic amines) is 1. The van der Waals surface area contributed by atoms with Crippen LogP contribution < -0.4 is 15.4 Å². The Hall–Kier alpha value is -3.67. The van der Waals surface area contributed by atoms with Crippen LogP contribution in [0.1, 0.15) is 25.3 Å². The van der Waals surface area contributed by atoms with E-state index in [-0.39, 0.29) is 22.5 Å². The molecule has 7 nitrogen and oxygen atoms in total. The van der Waals surface area contributed by atoms with E-state index < -0.39 is 5.82 Å². The predicted octanol–water partition coefficient (Wildman–Crippen LogP) is 5.63. The van der Waals surface area contributed by atoms with E-state index in [0.717, 1.165) is 19.4 Å². The Kier molecular flexibility index (Phi) is 7.49. The van der Waals surface area contributed by atoms with Gasteiger partial charge >= 0.3 is 0 Å². The van der Waals surface area contributed by atoms with Gasteiger partial charge in [-0.25, -0.2) is 4.39 Å². The van der Waals surface area contributed by atoms with Crippen LogP contribution in [0.15, 0.2) is 48.7 Å². The second kappa shape index (κ2) is 10.7. The first-order valence-corrected chi connectivity index (χ1v) is 11.7.